The van der Waals surface area contributed by atoms with Gasteiger partial charge in [0, 0.05) is 46.9 Å². The molecule has 2 amide bonds. The van der Waals surface area contributed by atoms with Crippen LogP contribution in [0.2, 0.25) is 0 Å². The fourth-order valence-electron chi connectivity index (χ4n) is 6.69. The fraction of sp³-hybridized carbons (Fsp3) is 0.405. The second-order valence-corrected chi connectivity index (χ2v) is 13.7. The molecule has 59 heavy (non-hydrogen) atoms. The van der Waals surface area contributed by atoms with E-state index in [1.807, 2.05) is 12.1 Å². The number of aliphatic hydroxyl groups is 1. The lowest BCUT2D eigenvalue weighted by molar-refractivity contribution is -0.203. The zero-order valence-corrected chi connectivity index (χ0v) is 33.4. The smallest absolute Gasteiger partial charge is 0.303 e. The number of halogens is 1. The summed E-state index contributed by atoms with van der Waals surface area (Å²) in [5.74, 6) is -6.23. The third-order valence-electron chi connectivity index (χ3n) is 9.24. The highest BCUT2D eigenvalue weighted by Gasteiger charge is 2.49. The van der Waals surface area contributed by atoms with Crippen molar-refractivity contribution in [2.24, 2.45) is 5.92 Å². The predicted molar refractivity (Wildman–Crippen MR) is 204 cm³/mol. The summed E-state index contributed by atoms with van der Waals surface area (Å²) >= 11 is 0. The third kappa shape index (κ3) is 12.6. The van der Waals surface area contributed by atoms with Crippen LogP contribution in [0.1, 0.15) is 76.3 Å². The molecule has 0 aliphatic carbocycles. The lowest BCUT2D eigenvalue weighted by Crippen LogP contribution is -2.57. The van der Waals surface area contributed by atoms with Gasteiger partial charge >= 0.3 is 29.8 Å². The van der Waals surface area contributed by atoms with Crippen LogP contribution < -0.4 is 15.0 Å². The van der Waals surface area contributed by atoms with E-state index in [9.17, 15) is 43.1 Å². The number of hydrogen-bond acceptors (Lipinski definition) is 14. The maximum Gasteiger partial charge on any atom is 0.303 e. The Kier molecular flexibility index (Phi) is 16.0. The van der Waals surface area contributed by atoms with Crippen LogP contribution >= 0.6 is 0 Å². The first kappa shape index (κ1) is 45.3. The molecule has 1 fully saturated rings. The van der Waals surface area contributed by atoms with Crippen LogP contribution in [0.4, 0.5) is 10.1 Å². The van der Waals surface area contributed by atoms with E-state index < -0.39 is 90.7 Å². The number of carbonyl (C=O) groups is 7. The summed E-state index contributed by atoms with van der Waals surface area (Å²) in [4.78, 5) is 89.9. The first-order chi connectivity index (χ1) is 28.0. The first-order valence-electron chi connectivity index (χ1n) is 18.6. The summed E-state index contributed by atoms with van der Waals surface area (Å²) < 4.78 is 45.1. The maximum absolute atomic E-state index is 13.9. The Hall–Kier alpha value is -6.36. The number of nitrogens with one attached hydrogen (secondary N) is 1. The zero-order valence-electron chi connectivity index (χ0n) is 33.4. The molecule has 0 spiro atoms. The molecular weight excluding hydrogens is 775 g/mol. The molecule has 0 aromatic heterocycles. The second kappa shape index (κ2) is 20.9. The van der Waals surface area contributed by atoms with E-state index in [4.69, 9.17) is 28.4 Å². The number of ether oxygens (including phenoxy) is 6. The molecule has 1 heterocycles. The minimum Gasteiger partial charge on any atom is -0.497 e. The molecule has 17 heteroatoms. The van der Waals surface area contributed by atoms with E-state index >= 15 is 0 Å². The largest absolute Gasteiger partial charge is 0.497 e. The average molecular weight is 823 g/mol. The number of β-lactam (4-membered cyclic amide) rings is 1. The van der Waals surface area contributed by atoms with Gasteiger partial charge < -0.3 is 43.7 Å². The fourth-order valence-corrected chi connectivity index (χ4v) is 6.69. The molecule has 16 nitrogen and oxygen atoms in total. The monoisotopic (exact) mass is 822 g/mol. The van der Waals surface area contributed by atoms with Gasteiger partial charge in [-0.3, -0.25) is 33.6 Å². The van der Waals surface area contributed by atoms with Crippen molar-refractivity contribution in [3.63, 3.8) is 0 Å². The van der Waals surface area contributed by atoms with Gasteiger partial charge in [-0.05, 0) is 65.9 Å². The van der Waals surface area contributed by atoms with Crippen LogP contribution in [0.25, 0.3) is 0 Å². The Morgan fingerprint density at radius 1 is 0.780 bits per heavy atom. The topological polar surface area (TPSA) is 210 Å². The van der Waals surface area contributed by atoms with Gasteiger partial charge in [0.15, 0.2) is 18.3 Å². The normalized spacial score (nSPS) is 17.2. The van der Waals surface area contributed by atoms with Crippen molar-refractivity contribution in [3.05, 3.63) is 95.3 Å². The van der Waals surface area contributed by atoms with Crippen molar-refractivity contribution >= 4 is 47.3 Å². The summed E-state index contributed by atoms with van der Waals surface area (Å²) in [7, 11) is 1.53. The first-order valence-corrected chi connectivity index (χ1v) is 18.6. The zero-order chi connectivity index (χ0) is 43.4. The Bertz CT molecular complexity index is 1990. The van der Waals surface area contributed by atoms with E-state index in [1.165, 1.54) is 31.4 Å². The number of esters is 5. The number of anilines is 1. The van der Waals surface area contributed by atoms with Crippen LogP contribution in [0.15, 0.2) is 72.8 Å². The van der Waals surface area contributed by atoms with E-state index in [0.717, 1.165) is 40.2 Å². The van der Waals surface area contributed by atoms with E-state index in [-0.39, 0.29) is 18.9 Å². The minimum absolute atomic E-state index is 0.210. The Morgan fingerprint density at radius 3 is 1.97 bits per heavy atom. The number of benzene rings is 3. The summed E-state index contributed by atoms with van der Waals surface area (Å²) in [5.41, 5.74) is 2.29. The highest BCUT2D eigenvalue weighted by atomic mass is 19.1. The Labute approximate surface area is 339 Å². The molecule has 4 rings (SSSR count). The highest BCUT2D eigenvalue weighted by molar-refractivity contribution is 6.03. The number of hydrogen-bond donors (Lipinski definition) is 2. The number of nitrogens with zero attached hydrogens (tertiary/aromatic N) is 1. The van der Waals surface area contributed by atoms with Gasteiger partial charge in [0.05, 0.1) is 25.2 Å². The van der Waals surface area contributed by atoms with Gasteiger partial charge in [-0.2, -0.15) is 0 Å². The van der Waals surface area contributed by atoms with Crippen molar-refractivity contribution in [1.82, 2.24) is 5.32 Å². The van der Waals surface area contributed by atoms with Gasteiger partial charge in [0.1, 0.15) is 18.2 Å². The lowest BCUT2D eigenvalue weighted by Gasteiger charge is -2.48. The maximum atomic E-state index is 13.9. The Balaban J connectivity index is 1.60. The third-order valence-corrected chi connectivity index (χ3v) is 9.24. The number of aliphatic hydroxyl groups excluding tert-OH is 1. The van der Waals surface area contributed by atoms with Crippen molar-refractivity contribution in [1.29, 1.82) is 0 Å². The Morgan fingerprint density at radius 2 is 1.39 bits per heavy atom. The van der Waals surface area contributed by atoms with Crippen LogP contribution in [0, 0.1) is 11.7 Å². The van der Waals surface area contributed by atoms with Gasteiger partial charge in [0.2, 0.25) is 12.0 Å². The number of rotatable bonds is 19. The molecule has 1 saturated heterocycles. The SMILES string of the molecule is COc1ccc(C2C(CCC(O)c3ccc(F)cc3)C(=O)N2c2cccc(CNC(=O)C(OC(C)=O)C(OC(C)=O)C(OC(C)=O)C(COC(C)=O)OC(C)=O)c2)cc1. The molecule has 1 aliphatic heterocycles. The van der Waals surface area contributed by atoms with Crippen LogP contribution in [-0.4, -0.2) is 84.9 Å². The molecule has 2 N–H and O–H groups in total. The molecule has 1 aliphatic rings. The van der Waals surface area contributed by atoms with Gasteiger partial charge in [-0.15, -0.1) is 0 Å². The minimum atomic E-state index is -1.98. The summed E-state index contributed by atoms with van der Waals surface area (Å²) in [5, 5.41) is 13.5. The van der Waals surface area contributed by atoms with Crippen molar-refractivity contribution in [3.8, 4) is 5.75 Å². The average Bonchev–Trinajstić information content (AvgIpc) is 3.18. The molecule has 3 aromatic carbocycles. The molecule has 0 bridgehead atoms. The van der Waals surface area contributed by atoms with Crippen LogP contribution in [-0.2, 0) is 63.8 Å². The lowest BCUT2D eigenvalue weighted by atomic mass is 9.78. The molecule has 0 saturated carbocycles. The molecule has 7 atom stereocenters. The molecule has 0 radical (unpaired) electrons. The van der Waals surface area contributed by atoms with Gasteiger partial charge in [-0.1, -0.05) is 36.4 Å². The van der Waals surface area contributed by atoms with E-state index in [0.29, 0.717) is 29.0 Å². The molecule has 3 aromatic rings. The summed E-state index contributed by atoms with van der Waals surface area (Å²) in [6, 6.07) is 19.0. The quantitative estimate of drug-likeness (QED) is 0.0997. The standard InChI is InChI=1S/C42H47FN2O14/c1-23(46)55-22-36(56-24(2)47)38(57-25(3)48)39(58-26(4)49)40(59-27(5)50)41(52)44-21-28-8-7-9-32(20-28)45-37(30-12-16-33(54-6)17-13-30)34(42(45)53)18-19-35(51)29-10-14-31(43)15-11-29/h7-17,20,34-40,51H,18-19,21-22H2,1-6H3,(H,44,52). The number of amides is 2. The van der Waals surface area contributed by atoms with Crippen LogP contribution in [0.3, 0.4) is 0 Å². The van der Waals surface area contributed by atoms with Gasteiger partial charge in [-0.25, -0.2) is 4.39 Å². The molecule has 316 valence electrons. The van der Waals surface area contributed by atoms with E-state index in [1.54, 1.807) is 41.3 Å². The summed E-state index contributed by atoms with van der Waals surface area (Å²) in [6.07, 6.45) is -7.70. The second-order valence-electron chi connectivity index (χ2n) is 13.7. The van der Waals surface area contributed by atoms with E-state index in [2.05, 4.69) is 5.32 Å². The molecular formula is C42H47FN2O14. The number of carbonyl (C=O) groups excluding carboxylic acids is 7. The molecule has 7 unspecified atom stereocenters. The summed E-state index contributed by atoms with van der Waals surface area (Å²) in [6.45, 7) is 4.14. The predicted octanol–water partition coefficient (Wildman–Crippen LogP) is 3.96. The highest BCUT2D eigenvalue weighted by Crippen LogP contribution is 2.46. The van der Waals surface area contributed by atoms with Gasteiger partial charge in [0.25, 0.3) is 5.91 Å². The van der Waals surface area contributed by atoms with Crippen LogP contribution in [0.5, 0.6) is 5.75 Å². The number of methoxy groups -OCH3 is 1. The van der Waals surface area contributed by atoms with Crippen molar-refractivity contribution in [2.75, 3.05) is 18.6 Å². The van der Waals surface area contributed by atoms with Crippen molar-refractivity contribution in [2.45, 2.75) is 90.6 Å². The van der Waals surface area contributed by atoms with Crippen molar-refractivity contribution < 1.29 is 71.5 Å².